The van der Waals surface area contributed by atoms with Crippen LogP contribution in [0.1, 0.15) is 41.9 Å². The summed E-state index contributed by atoms with van der Waals surface area (Å²) in [5.41, 5.74) is 1.02. The molecular weight excluding hydrogens is 272 g/mol. The van der Waals surface area contributed by atoms with E-state index in [-0.39, 0.29) is 23.8 Å². The summed E-state index contributed by atoms with van der Waals surface area (Å²) >= 11 is 1.48. The first-order valence-electron chi connectivity index (χ1n) is 7.12. The van der Waals surface area contributed by atoms with E-state index in [2.05, 4.69) is 5.32 Å². The van der Waals surface area contributed by atoms with Gasteiger partial charge < -0.3 is 10.2 Å². The molecule has 1 aromatic rings. The van der Waals surface area contributed by atoms with Crippen LogP contribution in [0.4, 0.5) is 0 Å². The van der Waals surface area contributed by atoms with E-state index in [1.54, 1.807) is 0 Å². The molecule has 1 aliphatic heterocycles. The van der Waals surface area contributed by atoms with E-state index in [0.717, 1.165) is 29.8 Å². The zero-order chi connectivity index (χ0) is 14.7. The summed E-state index contributed by atoms with van der Waals surface area (Å²) in [6.45, 7) is 7.16. The highest BCUT2D eigenvalue weighted by Crippen LogP contribution is 2.23. The van der Waals surface area contributed by atoms with Gasteiger partial charge in [-0.15, -0.1) is 11.3 Å². The number of piperidine rings is 1. The smallest absolute Gasteiger partial charge is 0.264 e. The maximum Gasteiger partial charge on any atom is 0.264 e. The van der Waals surface area contributed by atoms with Crippen molar-refractivity contribution in [1.29, 1.82) is 0 Å². The van der Waals surface area contributed by atoms with Gasteiger partial charge in [0, 0.05) is 19.1 Å². The molecule has 1 fully saturated rings. The fourth-order valence-corrected chi connectivity index (χ4v) is 3.41. The van der Waals surface area contributed by atoms with Gasteiger partial charge in [-0.1, -0.05) is 0 Å². The van der Waals surface area contributed by atoms with E-state index in [1.165, 1.54) is 11.3 Å². The number of hydrogen-bond acceptors (Lipinski definition) is 3. The van der Waals surface area contributed by atoms with Gasteiger partial charge in [0.05, 0.1) is 10.8 Å². The topological polar surface area (TPSA) is 49.4 Å². The zero-order valence-electron chi connectivity index (χ0n) is 12.3. The van der Waals surface area contributed by atoms with E-state index >= 15 is 0 Å². The Kier molecular flexibility index (Phi) is 4.81. The molecule has 110 valence electrons. The monoisotopic (exact) mass is 294 g/mol. The maximum atomic E-state index is 12.5. The van der Waals surface area contributed by atoms with Gasteiger partial charge in [-0.25, -0.2) is 0 Å². The minimum absolute atomic E-state index is 0.0690. The predicted octanol–water partition coefficient (Wildman–Crippen LogP) is 2.43. The van der Waals surface area contributed by atoms with Crippen LogP contribution >= 0.6 is 11.3 Å². The highest BCUT2D eigenvalue weighted by Gasteiger charge is 2.29. The Morgan fingerprint density at radius 3 is 2.80 bits per heavy atom. The van der Waals surface area contributed by atoms with Crippen LogP contribution in [0.15, 0.2) is 11.4 Å². The molecule has 1 N–H and O–H groups in total. The molecule has 2 heterocycles. The van der Waals surface area contributed by atoms with E-state index in [1.807, 2.05) is 37.1 Å². The molecule has 0 radical (unpaired) electrons. The number of carbonyl (C=O) groups excluding carboxylic acids is 2. The molecule has 0 aliphatic carbocycles. The minimum atomic E-state index is -0.0737. The Balaban J connectivity index is 2.02. The van der Waals surface area contributed by atoms with Gasteiger partial charge in [-0.2, -0.15) is 0 Å². The highest BCUT2D eigenvalue weighted by molar-refractivity contribution is 7.12. The van der Waals surface area contributed by atoms with E-state index in [9.17, 15) is 9.59 Å². The average molecular weight is 294 g/mol. The minimum Gasteiger partial charge on any atom is -0.354 e. The van der Waals surface area contributed by atoms with Crippen molar-refractivity contribution < 1.29 is 9.59 Å². The Morgan fingerprint density at radius 1 is 1.45 bits per heavy atom. The molecule has 0 unspecified atom stereocenters. The molecule has 20 heavy (non-hydrogen) atoms. The Hall–Kier alpha value is -1.36. The summed E-state index contributed by atoms with van der Waals surface area (Å²) in [6, 6.07) is 2.11. The lowest BCUT2D eigenvalue weighted by molar-refractivity contribution is -0.126. The molecule has 1 aliphatic rings. The fourth-order valence-electron chi connectivity index (χ4n) is 2.51. The van der Waals surface area contributed by atoms with Crippen LogP contribution in [0.5, 0.6) is 0 Å². The van der Waals surface area contributed by atoms with Crippen LogP contribution in [0, 0.1) is 12.8 Å². The molecule has 4 nitrogen and oxygen atoms in total. The number of thiophene rings is 1. The Labute approximate surface area is 124 Å². The third kappa shape index (κ3) is 3.39. The van der Waals surface area contributed by atoms with Crippen molar-refractivity contribution in [2.24, 2.45) is 5.92 Å². The molecule has 5 heteroatoms. The van der Waals surface area contributed by atoms with Gasteiger partial charge in [-0.05, 0) is 50.6 Å². The number of hydrogen-bond donors (Lipinski definition) is 1. The quantitative estimate of drug-likeness (QED) is 0.931. The number of carbonyl (C=O) groups is 2. The molecular formula is C15H22N2O2S. The lowest BCUT2D eigenvalue weighted by Gasteiger charge is -2.32. The number of nitrogens with zero attached hydrogens (tertiary/aromatic N) is 1. The van der Waals surface area contributed by atoms with Gasteiger partial charge in [0.1, 0.15) is 0 Å². The molecule has 0 spiro atoms. The summed E-state index contributed by atoms with van der Waals surface area (Å²) in [4.78, 5) is 27.2. The van der Waals surface area contributed by atoms with Crippen molar-refractivity contribution in [1.82, 2.24) is 10.2 Å². The van der Waals surface area contributed by atoms with Gasteiger partial charge in [0.25, 0.3) is 5.91 Å². The van der Waals surface area contributed by atoms with Crippen LogP contribution < -0.4 is 5.32 Å². The number of rotatable bonds is 3. The number of aryl methyl sites for hydroxylation is 1. The van der Waals surface area contributed by atoms with Crippen molar-refractivity contribution in [3.8, 4) is 0 Å². The van der Waals surface area contributed by atoms with Gasteiger partial charge >= 0.3 is 0 Å². The largest absolute Gasteiger partial charge is 0.354 e. The molecule has 1 saturated heterocycles. The summed E-state index contributed by atoms with van der Waals surface area (Å²) in [6.07, 6.45) is 1.76. The van der Waals surface area contributed by atoms with Crippen LogP contribution in [0.3, 0.4) is 0 Å². The third-order valence-electron chi connectivity index (χ3n) is 3.57. The Morgan fingerprint density at radius 2 is 2.20 bits per heavy atom. The van der Waals surface area contributed by atoms with Crippen LogP contribution in [-0.4, -0.2) is 35.8 Å². The first kappa shape index (κ1) is 15.0. The van der Waals surface area contributed by atoms with Crippen molar-refractivity contribution in [3.05, 3.63) is 21.9 Å². The molecule has 2 amide bonds. The van der Waals surface area contributed by atoms with Gasteiger partial charge in [-0.3, -0.25) is 9.59 Å². The third-order valence-corrected chi connectivity index (χ3v) is 4.57. The molecule has 2 rings (SSSR count). The molecule has 0 bridgehead atoms. The summed E-state index contributed by atoms with van der Waals surface area (Å²) in [7, 11) is 0. The summed E-state index contributed by atoms with van der Waals surface area (Å²) in [5.74, 6) is 0.0651. The first-order valence-corrected chi connectivity index (χ1v) is 8.00. The second-order valence-electron chi connectivity index (χ2n) is 5.69. The number of likely N-dealkylation sites (tertiary alicyclic amines) is 1. The van der Waals surface area contributed by atoms with E-state index < -0.39 is 0 Å². The average Bonchev–Trinajstić information content (AvgIpc) is 2.83. The standard InChI is InChI=1S/C15H22N2O2S/c1-10(2)16-14(18)12-5-4-7-17(9-12)15(19)13-11(3)6-8-20-13/h6,8,10,12H,4-5,7,9H2,1-3H3,(H,16,18)/t12-/m0/s1. The second-order valence-corrected chi connectivity index (χ2v) is 6.60. The van der Waals surface area contributed by atoms with E-state index in [0.29, 0.717) is 6.54 Å². The summed E-state index contributed by atoms with van der Waals surface area (Å²) in [5, 5.41) is 4.88. The SMILES string of the molecule is Cc1ccsc1C(=O)N1CCC[C@H](C(=O)NC(C)C)C1. The predicted molar refractivity (Wildman–Crippen MR) is 81.0 cm³/mol. The van der Waals surface area contributed by atoms with Gasteiger partial charge in [0.2, 0.25) is 5.91 Å². The maximum absolute atomic E-state index is 12.5. The molecule has 0 saturated carbocycles. The normalized spacial score (nSPS) is 19.2. The van der Waals surface area contributed by atoms with Crippen LogP contribution in [0.25, 0.3) is 0 Å². The van der Waals surface area contributed by atoms with Crippen molar-refractivity contribution in [2.75, 3.05) is 13.1 Å². The van der Waals surface area contributed by atoms with Crippen molar-refractivity contribution >= 4 is 23.2 Å². The van der Waals surface area contributed by atoms with Crippen LogP contribution in [-0.2, 0) is 4.79 Å². The molecule has 1 aromatic heterocycles. The van der Waals surface area contributed by atoms with E-state index in [4.69, 9.17) is 0 Å². The van der Waals surface area contributed by atoms with Crippen molar-refractivity contribution in [3.63, 3.8) is 0 Å². The van der Waals surface area contributed by atoms with Crippen molar-refractivity contribution in [2.45, 2.75) is 39.7 Å². The first-order chi connectivity index (χ1) is 9.49. The number of amides is 2. The second kappa shape index (κ2) is 6.39. The fraction of sp³-hybridized carbons (Fsp3) is 0.600. The number of nitrogens with one attached hydrogen (secondary N) is 1. The van der Waals surface area contributed by atoms with Gasteiger partial charge in [0.15, 0.2) is 0 Å². The molecule has 1 atom stereocenters. The summed E-state index contributed by atoms with van der Waals surface area (Å²) < 4.78 is 0. The lowest BCUT2D eigenvalue weighted by atomic mass is 9.96. The lowest BCUT2D eigenvalue weighted by Crippen LogP contribution is -2.46. The highest BCUT2D eigenvalue weighted by atomic mass is 32.1. The Bertz CT molecular complexity index is 496. The van der Waals surface area contributed by atoms with Crippen LogP contribution in [0.2, 0.25) is 0 Å². The zero-order valence-corrected chi connectivity index (χ0v) is 13.1. The molecule has 0 aromatic carbocycles.